The Kier molecular flexibility index (Phi) is 5.17. The maximum Gasteiger partial charge on any atom is 0.266 e. The predicted molar refractivity (Wildman–Crippen MR) is 91.9 cm³/mol. The summed E-state index contributed by atoms with van der Waals surface area (Å²) in [7, 11) is 1.65. The van der Waals surface area contributed by atoms with Gasteiger partial charge in [-0.1, -0.05) is 0 Å². The summed E-state index contributed by atoms with van der Waals surface area (Å²) in [4.78, 5) is 39.5. The topological polar surface area (TPSA) is 87.5 Å². The molecule has 0 radical (unpaired) electrons. The zero-order chi connectivity index (χ0) is 18.0. The molecule has 1 aromatic rings. The molecular formula is C17H25N5O3. The number of amides is 2. The van der Waals surface area contributed by atoms with Crippen molar-refractivity contribution in [2.75, 3.05) is 26.2 Å². The minimum Gasteiger partial charge on any atom is -0.352 e. The Morgan fingerprint density at radius 1 is 1.36 bits per heavy atom. The van der Waals surface area contributed by atoms with Gasteiger partial charge in [-0.05, 0) is 18.4 Å². The molecule has 1 saturated heterocycles. The zero-order valence-corrected chi connectivity index (χ0v) is 14.8. The molecule has 1 fully saturated rings. The average molecular weight is 347 g/mol. The van der Waals surface area contributed by atoms with Gasteiger partial charge < -0.3 is 10.2 Å². The van der Waals surface area contributed by atoms with Crippen LogP contribution in [0.5, 0.6) is 0 Å². The Bertz CT molecular complexity index is 729. The van der Waals surface area contributed by atoms with Gasteiger partial charge in [0.2, 0.25) is 11.8 Å². The molecule has 3 heterocycles. The van der Waals surface area contributed by atoms with Crippen LogP contribution in [0.3, 0.4) is 0 Å². The van der Waals surface area contributed by atoms with Gasteiger partial charge in [-0.3, -0.25) is 19.3 Å². The van der Waals surface area contributed by atoms with Crippen LogP contribution >= 0.6 is 0 Å². The van der Waals surface area contributed by atoms with E-state index in [-0.39, 0.29) is 23.4 Å². The van der Waals surface area contributed by atoms with Gasteiger partial charge in [0.1, 0.15) is 0 Å². The van der Waals surface area contributed by atoms with Crippen LogP contribution in [0.15, 0.2) is 10.9 Å². The maximum atomic E-state index is 12.6. The van der Waals surface area contributed by atoms with Crippen molar-refractivity contribution in [1.82, 2.24) is 24.9 Å². The van der Waals surface area contributed by atoms with Gasteiger partial charge in [-0.15, -0.1) is 0 Å². The number of hydrogen-bond donors (Lipinski definition) is 1. The number of fused-ring (bicyclic) bond motifs is 1. The average Bonchev–Trinajstić information content (AvgIpc) is 2.56. The predicted octanol–water partition coefficient (Wildman–Crippen LogP) is -0.734. The fourth-order valence-corrected chi connectivity index (χ4v) is 3.59. The first-order valence-electron chi connectivity index (χ1n) is 8.75. The van der Waals surface area contributed by atoms with E-state index in [1.807, 2.05) is 4.90 Å². The second-order valence-corrected chi connectivity index (χ2v) is 6.92. The molecule has 8 heteroatoms. The van der Waals surface area contributed by atoms with E-state index in [1.54, 1.807) is 13.1 Å². The SMILES string of the molecule is CC(=O)N[C@@H]1CCCN(C(=O)CN2CCc3nn(C)c(=O)cc3C2)C1. The highest BCUT2D eigenvalue weighted by Crippen LogP contribution is 2.16. The van der Waals surface area contributed by atoms with E-state index in [2.05, 4.69) is 15.3 Å². The molecule has 2 amide bonds. The smallest absolute Gasteiger partial charge is 0.266 e. The Hall–Kier alpha value is -2.22. The van der Waals surface area contributed by atoms with E-state index < -0.39 is 0 Å². The van der Waals surface area contributed by atoms with Gasteiger partial charge in [-0.2, -0.15) is 5.10 Å². The van der Waals surface area contributed by atoms with Crippen molar-refractivity contribution >= 4 is 11.8 Å². The highest BCUT2D eigenvalue weighted by atomic mass is 16.2. The number of nitrogens with zero attached hydrogens (tertiary/aromatic N) is 4. The number of piperidine rings is 1. The third-order valence-electron chi connectivity index (χ3n) is 4.86. The summed E-state index contributed by atoms with van der Waals surface area (Å²) in [5.74, 6) is 0.0244. The van der Waals surface area contributed by atoms with Crippen LogP contribution in [0, 0.1) is 0 Å². The molecule has 0 saturated carbocycles. The number of rotatable bonds is 3. The molecule has 3 rings (SSSR count). The number of nitrogens with one attached hydrogen (secondary N) is 1. The van der Waals surface area contributed by atoms with Crippen LogP contribution < -0.4 is 10.9 Å². The monoisotopic (exact) mass is 347 g/mol. The number of aromatic nitrogens is 2. The van der Waals surface area contributed by atoms with Gasteiger partial charge in [0.05, 0.1) is 12.2 Å². The summed E-state index contributed by atoms with van der Waals surface area (Å²) in [5.41, 5.74) is 1.73. The summed E-state index contributed by atoms with van der Waals surface area (Å²) < 4.78 is 1.36. The Morgan fingerprint density at radius 3 is 2.92 bits per heavy atom. The van der Waals surface area contributed by atoms with E-state index in [0.29, 0.717) is 19.6 Å². The molecule has 2 aliphatic rings. The third kappa shape index (κ3) is 4.25. The van der Waals surface area contributed by atoms with Gasteiger partial charge in [0.15, 0.2) is 0 Å². The third-order valence-corrected chi connectivity index (χ3v) is 4.86. The van der Waals surface area contributed by atoms with E-state index in [9.17, 15) is 14.4 Å². The van der Waals surface area contributed by atoms with Gasteiger partial charge in [0.25, 0.3) is 5.56 Å². The molecule has 0 unspecified atom stereocenters. The molecule has 0 aromatic carbocycles. The van der Waals surface area contributed by atoms with Crippen molar-refractivity contribution in [1.29, 1.82) is 0 Å². The van der Waals surface area contributed by atoms with Crippen molar-refractivity contribution in [3.05, 3.63) is 27.7 Å². The Labute approximate surface area is 146 Å². The molecule has 0 aliphatic carbocycles. The largest absolute Gasteiger partial charge is 0.352 e. The second-order valence-electron chi connectivity index (χ2n) is 6.92. The highest BCUT2D eigenvalue weighted by Gasteiger charge is 2.27. The molecule has 8 nitrogen and oxygen atoms in total. The summed E-state index contributed by atoms with van der Waals surface area (Å²) in [6.07, 6.45) is 2.56. The van der Waals surface area contributed by atoms with Crippen molar-refractivity contribution in [2.45, 2.75) is 38.8 Å². The number of carbonyl (C=O) groups excluding carboxylic acids is 2. The minimum absolute atomic E-state index is 0.0458. The van der Waals surface area contributed by atoms with Crippen LogP contribution in [0.1, 0.15) is 31.0 Å². The maximum absolute atomic E-state index is 12.6. The number of aryl methyl sites for hydroxylation is 1. The first-order chi connectivity index (χ1) is 11.9. The summed E-state index contributed by atoms with van der Waals surface area (Å²) in [6, 6.07) is 1.66. The van der Waals surface area contributed by atoms with E-state index in [0.717, 1.165) is 43.6 Å². The lowest BCUT2D eigenvalue weighted by Crippen LogP contribution is -2.51. The quantitative estimate of drug-likeness (QED) is 0.779. The molecule has 0 bridgehead atoms. The molecular weight excluding hydrogens is 322 g/mol. The van der Waals surface area contributed by atoms with Gasteiger partial charge in [0, 0.05) is 58.7 Å². The molecule has 136 valence electrons. The van der Waals surface area contributed by atoms with Crippen molar-refractivity contribution < 1.29 is 9.59 Å². The first kappa shape index (κ1) is 17.6. The second kappa shape index (κ2) is 7.35. The lowest BCUT2D eigenvalue weighted by molar-refractivity contribution is -0.134. The summed E-state index contributed by atoms with van der Waals surface area (Å²) in [5, 5.41) is 7.20. The number of likely N-dealkylation sites (tertiary alicyclic amines) is 1. The van der Waals surface area contributed by atoms with E-state index in [4.69, 9.17) is 0 Å². The number of hydrogen-bond acceptors (Lipinski definition) is 5. The van der Waals surface area contributed by atoms with Crippen molar-refractivity contribution in [3.63, 3.8) is 0 Å². The lowest BCUT2D eigenvalue weighted by Gasteiger charge is -2.35. The summed E-state index contributed by atoms with van der Waals surface area (Å²) in [6.45, 7) is 4.48. The zero-order valence-electron chi connectivity index (χ0n) is 14.8. The first-order valence-corrected chi connectivity index (χ1v) is 8.75. The van der Waals surface area contributed by atoms with Crippen LogP contribution in [0.25, 0.3) is 0 Å². The van der Waals surface area contributed by atoms with Crippen molar-refractivity contribution in [3.8, 4) is 0 Å². The van der Waals surface area contributed by atoms with E-state index in [1.165, 1.54) is 11.6 Å². The summed E-state index contributed by atoms with van der Waals surface area (Å²) >= 11 is 0. The van der Waals surface area contributed by atoms with Crippen LogP contribution in [0.2, 0.25) is 0 Å². The molecule has 0 spiro atoms. The van der Waals surface area contributed by atoms with Crippen molar-refractivity contribution in [2.24, 2.45) is 7.05 Å². The molecule has 1 atom stereocenters. The number of carbonyl (C=O) groups is 2. The minimum atomic E-state index is -0.124. The van der Waals surface area contributed by atoms with Crippen LogP contribution in [-0.4, -0.2) is 63.6 Å². The normalized spacial score (nSPS) is 20.9. The Morgan fingerprint density at radius 2 is 2.16 bits per heavy atom. The molecule has 25 heavy (non-hydrogen) atoms. The molecule has 1 aromatic heterocycles. The van der Waals surface area contributed by atoms with E-state index >= 15 is 0 Å². The van der Waals surface area contributed by atoms with Crippen LogP contribution in [-0.2, 0) is 29.6 Å². The fraction of sp³-hybridized carbons (Fsp3) is 0.647. The highest BCUT2D eigenvalue weighted by molar-refractivity contribution is 5.78. The van der Waals surface area contributed by atoms with Crippen LogP contribution in [0.4, 0.5) is 0 Å². The molecule has 2 aliphatic heterocycles. The fourth-order valence-electron chi connectivity index (χ4n) is 3.59. The lowest BCUT2D eigenvalue weighted by atomic mass is 10.0. The molecule has 1 N–H and O–H groups in total. The Balaban J connectivity index is 1.59. The standard InChI is InChI=1S/C17H25N5O3/c1-12(23)18-14-4-3-6-22(10-14)17(25)11-21-7-5-15-13(9-21)8-16(24)20(2)19-15/h8,14H,3-7,9-11H2,1-2H3,(H,18,23)/t14-/m1/s1. The van der Waals surface area contributed by atoms with Gasteiger partial charge >= 0.3 is 0 Å². The van der Waals surface area contributed by atoms with Gasteiger partial charge in [-0.25, -0.2) is 4.68 Å².